The summed E-state index contributed by atoms with van der Waals surface area (Å²) in [6, 6.07) is 0. The summed E-state index contributed by atoms with van der Waals surface area (Å²) in [5.74, 6) is 0.338. The van der Waals surface area contributed by atoms with Crippen LogP contribution in [-0.2, 0) is 4.79 Å². The van der Waals surface area contributed by atoms with Crippen LogP contribution in [0.15, 0.2) is 75.2 Å². The third-order valence-electron chi connectivity index (χ3n) is 3.16. The van der Waals surface area contributed by atoms with Gasteiger partial charge in [0, 0.05) is 43.0 Å². The van der Waals surface area contributed by atoms with Crippen molar-refractivity contribution < 1.29 is 4.79 Å². The van der Waals surface area contributed by atoms with E-state index in [0.717, 1.165) is 10.8 Å². The summed E-state index contributed by atoms with van der Waals surface area (Å²) in [5, 5.41) is 0.734. The molecule has 0 atom stereocenters. The topological polar surface area (TPSA) is 92.3 Å². The minimum atomic E-state index is -0.224. The van der Waals surface area contributed by atoms with Crippen molar-refractivity contribution in [1.29, 1.82) is 0 Å². The van der Waals surface area contributed by atoms with Crippen molar-refractivity contribution in [2.75, 3.05) is 0 Å². The van der Waals surface area contributed by atoms with E-state index < -0.39 is 0 Å². The van der Waals surface area contributed by atoms with Crippen LogP contribution in [0.1, 0.15) is 6.42 Å². The molecule has 0 bridgehead atoms. The third-order valence-corrected chi connectivity index (χ3v) is 3.16. The van der Waals surface area contributed by atoms with Gasteiger partial charge in [-0.3, -0.25) is 9.79 Å². The Morgan fingerprint density at radius 2 is 1.80 bits per heavy atom. The van der Waals surface area contributed by atoms with Crippen LogP contribution in [0.3, 0.4) is 0 Å². The Morgan fingerprint density at radius 1 is 0.880 bits per heavy atom. The molecule has 1 aromatic rings. The van der Waals surface area contributed by atoms with Crippen LogP contribution < -0.4 is 10.7 Å². The molecular weight excluding hydrogens is 316 g/mol. The van der Waals surface area contributed by atoms with Crippen LogP contribution >= 0.6 is 0 Å². The standard InChI is InChI=1S/C18H14N6O/c25-15-7-4-2-1-3-5-9-21-17-16-14(11-19-8-6-10-20-15)12-22-18(16)24-13-23-17/h1-6,8-13H,7H2. The molecule has 0 aromatic carbocycles. The van der Waals surface area contributed by atoms with Crippen molar-refractivity contribution in [3.8, 4) is 0 Å². The second-order valence-corrected chi connectivity index (χ2v) is 4.89. The van der Waals surface area contributed by atoms with E-state index in [-0.39, 0.29) is 12.3 Å². The summed E-state index contributed by atoms with van der Waals surface area (Å²) in [6.07, 6.45) is 20.1. The number of hydrogen-bond acceptors (Lipinski definition) is 6. The van der Waals surface area contributed by atoms with Crippen molar-refractivity contribution in [3.63, 3.8) is 0 Å². The average Bonchev–Trinajstić information content (AvgIpc) is 3.03. The van der Waals surface area contributed by atoms with Crippen LogP contribution in [-0.4, -0.2) is 34.5 Å². The van der Waals surface area contributed by atoms with Crippen molar-refractivity contribution in [2.45, 2.75) is 6.42 Å². The lowest BCUT2D eigenvalue weighted by Crippen LogP contribution is -2.30. The quantitative estimate of drug-likeness (QED) is 0.715. The maximum Gasteiger partial charge on any atom is 0.249 e. The van der Waals surface area contributed by atoms with Crippen LogP contribution in [0, 0.1) is 0 Å². The lowest BCUT2D eigenvalue weighted by atomic mass is 10.2. The number of aromatic nitrogens is 2. The zero-order chi connectivity index (χ0) is 17.3. The number of allylic oxidation sites excluding steroid dienone is 5. The highest BCUT2D eigenvalue weighted by molar-refractivity contribution is 6.30. The monoisotopic (exact) mass is 330 g/mol. The number of aliphatic imine (C=N–C) groups is 3. The van der Waals surface area contributed by atoms with E-state index in [1.165, 1.54) is 18.7 Å². The Bertz CT molecular complexity index is 993. The van der Waals surface area contributed by atoms with Gasteiger partial charge >= 0.3 is 0 Å². The summed E-state index contributed by atoms with van der Waals surface area (Å²) in [7, 11) is 0. The highest BCUT2D eigenvalue weighted by Gasteiger charge is 2.08. The molecule has 0 aliphatic carbocycles. The number of rotatable bonds is 0. The van der Waals surface area contributed by atoms with Crippen molar-refractivity contribution in [3.05, 3.63) is 65.9 Å². The van der Waals surface area contributed by atoms with Gasteiger partial charge in [-0.05, 0) is 12.2 Å². The molecule has 7 heteroatoms. The van der Waals surface area contributed by atoms with Gasteiger partial charge in [0.15, 0.2) is 11.3 Å². The van der Waals surface area contributed by atoms with Gasteiger partial charge in [0.2, 0.25) is 5.91 Å². The van der Waals surface area contributed by atoms with E-state index in [1.807, 2.05) is 12.2 Å². The SMILES string of the molecule is O=C1CC=CC=CC=CN=c2ncnc3c2=C(C=NC=CC=N1)C=N3. The fourth-order valence-electron chi connectivity index (χ4n) is 2.04. The minimum absolute atomic E-state index is 0.224. The summed E-state index contributed by atoms with van der Waals surface area (Å²) in [4.78, 5) is 36.4. The number of amides is 1. The maximum absolute atomic E-state index is 11.5. The van der Waals surface area contributed by atoms with Crippen molar-refractivity contribution in [2.24, 2.45) is 20.0 Å². The number of carbonyl (C=O) groups excluding carboxylic acids is 1. The predicted molar refractivity (Wildman–Crippen MR) is 97.5 cm³/mol. The molecule has 25 heavy (non-hydrogen) atoms. The number of carbonyl (C=O) groups is 1. The molecule has 3 heterocycles. The fourth-order valence-corrected chi connectivity index (χ4v) is 2.04. The zero-order valence-corrected chi connectivity index (χ0v) is 13.2. The van der Waals surface area contributed by atoms with Gasteiger partial charge in [-0.2, -0.15) is 0 Å². The first kappa shape index (κ1) is 16.3. The van der Waals surface area contributed by atoms with E-state index in [0.29, 0.717) is 11.3 Å². The second kappa shape index (κ2) is 8.30. The number of hydrogen-bond donors (Lipinski definition) is 0. The minimum Gasteiger partial charge on any atom is -0.272 e. The summed E-state index contributed by atoms with van der Waals surface area (Å²) >= 11 is 0. The zero-order valence-electron chi connectivity index (χ0n) is 13.2. The van der Waals surface area contributed by atoms with E-state index in [4.69, 9.17) is 0 Å². The maximum atomic E-state index is 11.5. The Morgan fingerprint density at radius 3 is 2.76 bits per heavy atom. The average molecular weight is 330 g/mol. The Kier molecular flexibility index (Phi) is 5.40. The highest BCUT2D eigenvalue weighted by atomic mass is 16.1. The van der Waals surface area contributed by atoms with E-state index in [9.17, 15) is 4.79 Å². The van der Waals surface area contributed by atoms with Gasteiger partial charge in [0.25, 0.3) is 0 Å². The molecule has 3 rings (SSSR count). The summed E-state index contributed by atoms with van der Waals surface area (Å²) in [6.45, 7) is 0. The smallest absolute Gasteiger partial charge is 0.249 e. The Labute approximate surface area is 143 Å². The Hall–Kier alpha value is -3.61. The van der Waals surface area contributed by atoms with Gasteiger partial charge in [-0.25, -0.2) is 24.9 Å². The van der Waals surface area contributed by atoms with Crippen LogP contribution in [0.4, 0.5) is 5.82 Å². The second-order valence-electron chi connectivity index (χ2n) is 4.89. The lowest BCUT2D eigenvalue weighted by Gasteiger charge is -1.90. The molecule has 0 radical (unpaired) electrons. The third kappa shape index (κ3) is 4.44. The van der Waals surface area contributed by atoms with Gasteiger partial charge in [0.1, 0.15) is 6.33 Å². The van der Waals surface area contributed by atoms with Gasteiger partial charge < -0.3 is 0 Å². The molecule has 1 amide bonds. The first-order valence-corrected chi connectivity index (χ1v) is 7.55. The van der Waals surface area contributed by atoms with Crippen LogP contribution in [0.2, 0.25) is 0 Å². The molecule has 1 aromatic heterocycles. The molecule has 0 spiro atoms. The van der Waals surface area contributed by atoms with Crippen molar-refractivity contribution >= 4 is 35.9 Å². The van der Waals surface area contributed by atoms with Gasteiger partial charge in [-0.15, -0.1) is 0 Å². The van der Waals surface area contributed by atoms with E-state index >= 15 is 0 Å². The molecule has 7 nitrogen and oxygen atoms in total. The fraction of sp³-hybridized carbons (Fsp3) is 0.0556. The molecule has 0 unspecified atom stereocenters. The Balaban J connectivity index is 2.03. The van der Waals surface area contributed by atoms with Crippen molar-refractivity contribution in [1.82, 2.24) is 9.97 Å². The predicted octanol–water partition coefficient (Wildman–Crippen LogP) is 1.17. The summed E-state index contributed by atoms with van der Waals surface area (Å²) in [5.41, 5.74) is 1.29. The first-order chi connectivity index (χ1) is 12.3. The normalized spacial score (nSPS) is 16.6. The molecule has 0 saturated heterocycles. The number of nitrogens with zero attached hydrogens (tertiary/aromatic N) is 6. The molecule has 0 saturated carbocycles. The molecule has 2 aliphatic rings. The largest absolute Gasteiger partial charge is 0.272 e. The van der Waals surface area contributed by atoms with Gasteiger partial charge in [0.05, 0.1) is 5.22 Å². The molecule has 0 N–H and O–H groups in total. The van der Waals surface area contributed by atoms with Crippen LogP contribution in [0.25, 0.3) is 5.57 Å². The van der Waals surface area contributed by atoms with E-state index in [1.54, 1.807) is 42.9 Å². The highest BCUT2D eigenvalue weighted by Crippen LogP contribution is 2.04. The first-order valence-electron chi connectivity index (χ1n) is 7.55. The lowest BCUT2D eigenvalue weighted by molar-refractivity contribution is -0.116. The summed E-state index contributed by atoms with van der Waals surface area (Å²) < 4.78 is 0. The van der Waals surface area contributed by atoms with Crippen LogP contribution in [0.5, 0.6) is 0 Å². The van der Waals surface area contributed by atoms with Gasteiger partial charge in [-0.1, -0.05) is 24.3 Å². The molecular formula is C18H14N6O. The van der Waals surface area contributed by atoms with E-state index in [2.05, 4.69) is 29.9 Å². The molecule has 0 fully saturated rings. The molecule has 122 valence electrons. The molecule has 2 aliphatic heterocycles.